The summed E-state index contributed by atoms with van der Waals surface area (Å²) in [5, 5.41) is 14.3. The maximum absolute atomic E-state index is 13.2. The van der Waals surface area contributed by atoms with Crippen LogP contribution in [0.15, 0.2) is 84.9 Å². The van der Waals surface area contributed by atoms with E-state index in [9.17, 15) is 14.3 Å². The summed E-state index contributed by atoms with van der Waals surface area (Å²) in [7, 11) is 0. The summed E-state index contributed by atoms with van der Waals surface area (Å²) in [4.78, 5) is 15.1. The van der Waals surface area contributed by atoms with Crippen molar-refractivity contribution < 1.29 is 14.3 Å². The summed E-state index contributed by atoms with van der Waals surface area (Å²) in [6.07, 6.45) is 4.09. The molecule has 1 aliphatic heterocycles. The molecular formula is C31H37FN2O2. The minimum absolute atomic E-state index is 0.0307. The van der Waals surface area contributed by atoms with Gasteiger partial charge in [-0.2, -0.15) is 0 Å². The van der Waals surface area contributed by atoms with Crippen LogP contribution in [-0.2, 0) is 24.1 Å². The number of rotatable bonds is 11. The van der Waals surface area contributed by atoms with E-state index < -0.39 is 6.10 Å². The molecule has 1 amide bonds. The van der Waals surface area contributed by atoms with Crippen LogP contribution in [0.25, 0.3) is 0 Å². The number of aryl methyl sites for hydroxylation is 1. The van der Waals surface area contributed by atoms with E-state index in [0.717, 1.165) is 43.5 Å². The van der Waals surface area contributed by atoms with Crippen molar-refractivity contribution in [1.29, 1.82) is 0 Å². The Morgan fingerprint density at radius 3 is 2.14 bits per heavy atom. The number of halogens is 1. The second kappa shape index (κ2) is 13.3. The first-order chi connectivity index (χ1) is 17.5. The van der Waals surface area contributed by atoms with Crippen LogP contribution in [0, 0.1) is 11.7 Å². The van der Waals surface area contributed by atoms with E-state index in [4.69, 9.17) is 0 Å². The molecule has 5 heteroatoms. The van der Waals surface area contributed by atoms with Gasteiger partial charge in [0.2, 0.25) is 5.91 Å². The van der Waals surface area contributed by atoms with E-state index in [2.05, 4.69) is 10.2 Å². The van der Waals surface area contributed by atoms with Crippen molar-refractivity contribution >= 4 is 5.91 Å². The highest BCUT2D eigenvalue weighted by Gasteiger charge is 2.26. The highest BCUT2D eigenvalue weighted by atomic mass is 19.1. The van der Waals surface area contributed by atoms with Crippen molar-refractivity contribution in [2.24, 2.45) is 5.92 Å². The zero-order chi connectivity index (χ0) is 25.2. The van der Waals surface area contributed by atoms with Gasteiger partial charge in [-0.25, -0.2) is 4.39 Å². The minimum atomic E-state index is -0.653. The first kappa shape index (κ1) is 26.1. The Labute approximate surface area is 214 Å². The summed E-state index contributed by atoms with van der Waals surface area (Å²) < 4.78 is 13.2. The van der Waals surface area contributed by atoms with Crippen LogP contribution >= 0.6 is 0 Å². The Morgan fingerprint density at radius 2 is 1.50 bits per heavy atom. The molecule has 2 atom stereocenters. The average Bonchev–Trinajstić information content (AvgIpc) is 2.91. The maximum Gasteiger partial charge on any atom is 0.220 e. The molecule has 1 aliphatic rings. The molecule has 2 unspecified atom stereocenters. The number of nitrogens with one attached hydrogen (secondary N) is 1. The molecule has 1 saturated heterocycles. The van der Waals surface area contributed by atoms with Crippen LogP contribution in [0.3, 0.4) is 0 Å². The molecule has 190 valence electrons. The highest BCUT2D eigenvalue weighted by Crippen LogP contribution is 2.22. The maximum atomic E-state index is 13.2. The van der Waals surface area contributed by atoms with Gasteiger partial charge in [0.1, 0.15) is 5.82 Å². The van der Waals surface area contributed by atoms with Crippen molar-refractivity contribution in [3.05, 3.63) is 107 Å². The van der Waals surface area contributed by atoms with Gasteiger partial charge in [0.05, 0.1) is 12.1 Å². The second-order valence-corrected chi connectivity index (χ2v) is 9.99. The highest BCUT2D eigenvalue weighted by molar-refractivity contribution is 5.76. The van der Waals surface area contributed by atoms with Crippen LogP contribution in [0.2, 0.25) is 0 Å². The molecule has 4 nitrogen and oxygen atoms in total. The molecule has 1 heterocycles. The smallest absolute Gasteiger partial charge is 0.220 e. The molecule has 3 aromatic rings. The van der Waals surface area contributed by atoms with Gasteiger partial charge >= 0.3 is 0 Å². The first-order valence-electron chi connectivity index (χ1n) is 13.1. The summed E-state index contributed by atoms with van der Waals surface area (Å²) >= 11 is 0. The Balaban J connectivity index is 1.29. The lowest BCUT2D eigenvalue weighted by Gasteiger charge is -2.35. The second-order valence-electron chi connectivity index (χ2n) is 9.99. The number of aliphatic hydroxyl groups excluding tert-OH is 1. The van der Waals surface area contributed by atoms with Gasteiger partial charge in [-0.1, -0.05) is 72.8 Å². The van der Waals surface area contributed by atoms with Crippen molar-refractivity contribution in [1.82, 2.24) is 10.2 Å². The topological polar surface area (TPSA) is 52.6 Å². The van der Waals surface area contributed by atoms with E-state index >= 15 is 0 Å². The van der Waals surface area contributed by atoms with Crippen LogP contribution in [0.4, 0.5) is 4.39 Å². The van der Waals surface area contributed by atoms with Crippen LogP contribution in [0.5, 0.6) is 0 Å². The number of hydrogen-bond donors (Lipinski definition) is 2. The normalized spacial score (nSPS) is 16.4. The molecule has 0 saturated carbocycles. The molecule has 0 aromatic heterocycles. The zero-order valence-corrected chi connectivity index (χ0v) is 20.9. The zero-order valence-electron chi connectivity index (χ0n) is 20.9. The van der Waals surface area contributed by atoms with Gasteiger partial charge in [0.15, 0.2) is 0 Å². The van der Waals surface area contributed by atoms with Gasteiger partial charge in [0, 0.05) is 13.0 Å². The number of likely N-dealkylation sites (tertiary alicyclic amines) is 1. The summed E-state index contributed by atoms with van der Waals surface area (Å²) in [6, 6.07) is 26.5. The third-order valence-electron chi connectivity index (χ3n) is 7.18. The van der Waals surface area contributed by atoms with E-state index in [1.54, 1.807) is 0 Å². The van der Waals surface area contributed by atoms with Crippen molar-refractivity contribution in [3.8, 4) is 0 Å². The van der Waals surface area contributed by atoms with Crippen molar-refractivity contribution in [2.75, 3.05) is 19.6 Å². The number of amides is 1. The molecular weight excluding hydrogens is 451 g/mol. The standard InChI is InChI=1S/C31H37FN2O2/c32-28-14-11-26(12-15-28)21-27-17-19-34(20-18-27)23-30(35)29(22-25-9-5-2-6-10-25)33-31(36)16-13-24-7-3-1-4-8-24/h1-12,14-15,27,29-30,35H,13,16-23H2,(H,33,36). The van der Waals surface area contributed by atoms with Gasteiger partial charge in [-0.15, -0.1) is 0 Å². The van der Waals surface area contributed by atoms with E-state index in [1.807, 2.05) is 72.8 Å². The number of carbonyl (C=O) groups is 1. The summed E-state index contributed by atoms with van der Waals surface area (Å²) in [6.45, 7) is 2.38. The molecule has 2 N–H and O–H groups in total. The van der Waals surface area contributed by atoms with Crippen LogP contribution in [0.1, 0.15) is 36.0 Å². The Hall–Kier alpha value is -3.02. The average molecular weight is 489 g/mol. The van der Waals surface area contributed by atoms with E-state index in [-0.39, 0.29) is 17.8 Å². The van der Waals surface area contributed by atoms with Crippen molar-refractivity contribution in [2.45, 2.75) is 50.7 Å². The predicted octanol–water partition coefficient (Wildman–Crippen LogP) is 4.80. The van der Waals surface area contributed by atoms with Crippen LogP contribution in [-0.4, -0.2) is 47.7 Å². The number of nitrogens with zero attached hydrogens (tertiary/aromatic N) is 1. The molecule has 36 heavy (non-hydrogen) atoms. The van der Waals surface area contributed by atoms with E-state index in [1.165, 1.54) is 17.7 Å². The Bertz CT molecular complexity index is 1050. The number of piperidine rings is 1. The number of β-amino-alcohol motifs (C(OH)–C–C–N with tert-alkyl or cyclic N) is 1. The predicted molar refractivity (Wildman–Crippen MR) is 142 cm³/mol. The van der Waals surface area contributed by atoms with Gasteiger partial charge in [0.25, 0.3) is 0 Å². The molecule has 0 radical (unpaired) electrons. The summed E-state index contributed by atoms with van der Waals surface area (Å²) in [5.74, 6) is 0.346. The number of carbonyl (C=O) groups excluding carboxylic acids is 1. The lowest BCUT2D eigenvalue weighted by Crippen LogP contribution is -2.50. The molecule has 3 aromatic carbocycles. The number of aliphatic hydroxyl groups is 1. The lowest BCUT2D eigenvalue weighted by atomic mass is 9.90. The molecule has 0 spiro atoms. The number of hydrogen-bond acceptors (Lipinski definition) is 3. The fourth-order valence-corrected chi connectivity index (χ4v) is 5.05. The third kappa shape index (κ3) is 8.28. The van der Waals surface area contributed by atoms with Gasteiger partial charge < -0.3 is 15.3 Å². The van der Waals surface area contributed by atoms with Crippen LogP contribution < -0.4 is 5.32 Å². The van der Waals surface area contributed by atoms with Gasteiger partial charge in [-0.3, -0.25) is 4.79 Å². The van der Waals surface area contributed by atoms with E-state index in [0.29, 0.717) is 31.7 Å². The quantitative estimate of drug-likeness (QED) is 0.408. The largest absolute Gasteiger partial charge is 0.390 e. The monoisotopic (exact) mass is 488 g/mol. The Morgan fingerprint density at radius 1 is 0.889 bits per heavy atom. The molecule has 0 aliphatic carbocycles. The SMILES string of the molecule is O=C(CCc1ccccc1)NC(Cc1ccccc1)C(O)CN1CCC(Cc2ccc(F)cc2)CC1. The fourth-order valence-electron chi connectivity index (χ4n) is 5.05. The van der Waals surface area contributed by atoms with Gasteiger partial charge in [-0.05, 0) is 79.9 Å². The first-order valence-corrected chi connectivity index (χ1v) is 13.1. The summed E-state index contributed by atoms with van der Waals surface area (Å²) in [5.41, 5.74) is 3.41. The fraction of sp³-hybridized carbons (Fsp3) is 0.387. The minimum Gasteiger partial charge on any atom is -0.390 e. The van der Waals surface area contributed by atoms with Crippen molar-refractivity contribution in [3.63, 3.8) is 0 Å². The molecule has 1 fully saturated rings. The molecule has 0 bridgehead atoms. The number of benzene rings is 3. The molecule has 4 rings (SSSR count). The lowest BCUT2D eigenvalue weighted by molar-refractivity contribution is -0.122. The Kier molecular flexibility index (Phi) is 9.65. The third-order valence-corrected chi connectivity index (χ3v) is 7.18.